The molecule has 0 rings (SSSR count). The molecule has 7 heteroatoms. The standard InChI is InChI=1S/C3H6O2.CH2O3.CO2/c1-3(4)5-2;2-1-4-3;2-1-3/h1-2H3;1,3H;/p-1. The van der Waals surface area contributed by atoms with Gasteiger partial charge in [0.25, 0.3) is 6.47 Å². The summed E-state index contributed by atoms with van der Waals surface area (Å²) in [7, 11) is 1.35. The molecule has 0 aliphatic rings. The van der Waals surface area contributed by atoms with E-state index >= 15 is 0 Å². The van der Waals surface area contributed by atoms with Crippen molar-refractivity contribution >= 4 is 18.6 Å². The fourth-order valence-corrected chi connectivity index (χ4v) is 0. The maximum atomic E-state index is 9.59. The monoisotopic (exact) mass is 179 g/mol. The van der Waals surface area contributed by atoms with E-state index in [0.717, 1.165) is 0 Å². The van der Waals surface area contributed by atoms with Gasteiger partial charge < -0.3 is 14.9 Å². The third-order valence-corrected chi connectivity index (χ3v) is 0.327. The topological polar surface area (TPSA) is 110 Å². The molecule has 0 saturated heterocycles. The molecule has 7 nitrogen and oxygen atoms in total. The summed E-state index contributed by atoms with van der Waals surface area (Å²) in [6, 6.07) is 0. The summed E-state index contributed by atoms with van der Waals surface area (Å²) in [5, 5.41) is 8.43. The summed E-state index contributed by atoms with van der Waals surface area (Å²) in [6.45, 7) is 1.18. The van der Waals surface area contributed by atoms with Crippen LogP contribution in [-0.2, 0) is 28.8 Å². The highest BCUT2D eigenvalue weighted by atomic mass is 17.1. The minimum atomic E-state index is -0.245. The summed E-state index contributed by atoms with van der Waals surface area (Å²) < 4.78 is 4.11. The highest BCUT2D eigenvalue weighted by Gasteiger charge is 1.75. The molecule has 0 fully saturated rings. The molecular formula is C5H7O7-. The van der Waals surface area contributed by atoms with Gasteiger partial charge in [-0.2, -0.15) is 9.59 Å². The minimum Gasteiger partial charge on any atom is -0.662 e. The molecule has 0 saturated carbocycles. The summed E-state index contributed by atoms with van der Waals surface area (Å²) in [6.07, 6.45) is 0.250. The lowest BCUT2D eigenvalue weighted by Crippen LogP contribution is -2.00. The first-order chi connectivity index (χ1) is 5.60. The molecule has 0 aromatic heterocycles. The van der Waals surface area contributed by atoms with Gasteiger partial charge in [-0.05, 0) is 0 Å². The van der Waals surface area contributed by atoms with Crippen LogP contribution in [0.2, 0.25) is 0 Å². The third kappa shape index (κ3) is 268. The Morgan fingerprint density at radius 2 is 1.67 bits per heavy atom. The van der Waals surface area contributed by atoms with Crippen molar-refractivity contribution in [1.82, 2.24) is 0 Å². The van der Waals surface area contributed by atoms with Gasteiger partial charge in [-0.15, -0.1) is 0 Å². The molecule has 0 unspecified atom stereocenters. The predicted octanol–water partition coefficient (Wildman–Crippen LogP) is -1.97. The zero-order chi connectivity index (χ0) is 10.4. The zero-order valence-electron chi connectivity index (χ0n) is 6.44. The van der Waals surface area contributed by atoms with Gasteiger partial charge >= 0.3 is 12.1 Å². The highest BCUT2D eigenvalue weighted by Crippen LogP contribution is 1.60. The van der Waals surface area contributed by atoms with Crippen LogP contribution in [-0.4, -0.2) is 25.7 Å². The summed E-state index contributed by atoms with van der Waals surface area (Å²) >= 11 is 0. The molecule has 0 aliphatic carbocycles. The molecule has 0 aromatic carbocycles. The number of carbonyl (C=O) groups is 2. The van der Waals surface area contributed by atoms with Gasteiger partial charge in [0.15, 0.2) is 0 Å². The molecule has 0 amide bonds. The number of ether oxygens (including phenoxy) is 1. The molecule has 0 heterocycles. The Balaban J connectivity index is -0.000000105. The Morgan fingerprint density at radius 3 is 1.67 bits per heavy atom. The number of rotatable bonds is 1. The third-order valence-electron chi connectivity index (χ3n) is 0.327. The molecule has 12 heavy (non-hydrogen) atoms. The Morgan fingerprint density at radius 1 is 1.50 bits per heavy atom. The lowest BCUT2D eigenvalue weighted by molar-refractivity contribution is -0.652. The summed E-state index contributed by atoms with van der Waals surface area (Å²) in [4.78, 5) is 37.1. The van der Waals surface area contributed by atoms with E-state index in [4.69, 9.17) is 19.6 Å². The van der Waals surface area contributed by atoms with Gasteiger partial charge in [-0.1, -0.05) is 0 Å². The van der Waals surface area contributed by atoms with Crippen LogP contribution >= 0.6 is 0 Å². The van der Waals surface area contributed by atoms with E-state index < -0.39 is 0 Å². The van der Waals surface area contributed by atoms with E-state index in [1.807, 2.05) is 0 Å². The van der Waals surface area contributed by atoms with E-state index in [-0.39, 0.29) is 18.6 Å². The van der Waals surface area contributed by atoms with Gasteiger partial charge in [0.05, 0.1) is 7.11 Å². The van der Waals surface area contributed by atoms with E-state index in [9.17, 15) is 4.79 Å². The van der Waals surface area contributed by atoms with Crippen LogP contribution in [0.25, 0.3) is 0 Å². The van der Waals surface area contributed by atoms with Crippen molar-refractivity contribution < 1.29 is 34.1 Å². The van der Waals surface area contributed by atoms with Crippen LogP contribution in [0.5, 0.6) is 0 Å². The maximum Gasteiger partial charge on any atom is 0.373 e. The van der Waals surface area contributed by atoms with Crippen LogP contribution in [0.3, 0.4) is 0 Å². The zero-order valence-corrected chi connectivity index (χ0v) is 6.44. The number of carbonyl (C=O) groups excluding carboxylic acids is 4. The lowest BCUT2D eigenvalue weighted by Gasteiger charge is -1.88. The van der Waals surface area contributed by atoms with Crippen molar-refractivity contribution in [3.8, 4) is 0 Å². The number of esters is 1. The molecule has 0 N–H and O–H groups in total. The maximum absolute atomic E-state index is 9.59. The SMILES string of the molecule is COC(C)=O.O=C=O.O=CO[O-]. The molecule has 0 spiro atoms. The highest BCUT2D eigenvalue weighted by molar-refractivity contribution is 5.65. The second-order valence-electron chi connectivity index (χ2n) is 0.971. The normalized spacial score (nSPS) is 5.25. The van der Waals surface area contributed by atoms with Gasteiger partial charge in [0, 0.05) is 6.92 Å². The van der Waals surface area contributed by atoms with Crippen molar-refractivity contribution in [3.05, 3.63) is 0 Å². The largest absolute Gasteiger partial charge is 0.662 e. The van der Waals surface area contributed by atoms with Gasteiger partial charge in [0.1, 0.15) is 0 Å². The Labute approximate surface area is 67.8 Å². The van der Waals surface area contributed by atoms with E-state index in [2.05, 4.69) is 9.62 Å². The first-order valence-corrected chi connectivity index (χ1v) is 2.36. The van der Waals surface area contributed by atoms with Crippen molar-refractivity contribution in [2.24, 2.45) is 0 Å². The quantitative estimate of drug-likeness (QED) is 0.199. The first kappa shape index (κ1) is 16.7. The minimum absolute atomic E-state index is 0.181. The van der Waals surface area contributed by atoms with Crippen LogP contribution in [0, 0.1) is 0 Å². The molecule has 0 aliphatic heterocycles. The average Bonchev–Trinajstić information content (AvgIpc) is 2.06. The van der Waals surface area contributed by atoms with Gasteiger partial charge in [0.2, 0.25) is 0 Å². The Hall–Kier alpha value is -1.72. The lowest BCUT2D eigenvalue weighted by atomic mass is 10.8. The van der Waals surface area contributed by atoms with Crippen LogP contribution in [0.1, 0.15) is 6.92 Å². The molecular weight excluding hydrogens is 172 g/mol. The predicted molar refractivity (Wildman–Crippen MR) is 29.8 cm³/mol. The van der Waals surface area contributed by atoms with Crippen LogP contribution in [0.4, 0.5) is 0 Å². The second kappa shape index (κ2) is 22.8. The Bertz CT molecular complexity index is 135. The average molecular weight is 179 g/mol. The summed E-state index contributed by atoms with van der Waals surface area (Å²) in [5.74, 6) is -0.245. The number of methoxy groups -OCH3 is 1. The molecule has 70 valence electrons. The van der Waals surface area contributed by atoms with Gasteiger partial charge in [-0.3, -0.25) is 9.59 Å². The van der Waals surface area contributed by atoms with Crippen molar-refractivity contribution in [1.29, 1.82) is 0 Å². The first-order valence-electron chi connectivity index (χ1n) is 2.36. The van der Waals surface area contributed by atoms with Gasteiger partial charge in [-0.25, -0.2) is 0 Å². The number of hydrogen-bond donors (Lipinski definition) is 0. The van der Waals surface area contributed by atoms with Crippen LogP contribution in [0.15, 0.2) is 0 Å². The molecule has 0 aromatic rings. The fourth-order valence-electron chi connectivity index (χ4n) is 0. The van der Waals surface area contributed by atoms with Crippen molar-refractivity contribution in [3.63, 3.8) is 0 Å². The Kier molecular flexibility index (Phi) is 31.8. The van der Waals surface area contributed by atoms with Crippen molar-refractivity contribution in [2.75, 3.05) is 7.11 Å². The second-order valence-corrected chi connectivity index (χ2v) is 0.971. The summed E-state index contributed by atoms with van der Waals surface area (Å²) in [5.41, 5.74) is 0. The van der Waals surface area contributed by atoms with E-state index in [0.29, 0.717) is 0 Å². The smallest absolute Gasteiger partial charge is 0.373 e. The molecule has 0 bridgehead atoms. The molecule has 0 atom stereocenters. The van der Waals surface area contributed by atoms with Crippen LogP contribution < -0.4 is 5.26 Å². The van der Waals surface area contributed by atoms with E-state index in [1.54, 1.807) is 0 Å². The van der Waals surface area contributed by atoms with Crippen molar-refractivity contribution in [2.45, 2.75) is 6.92 Å². The molecule has 0 radical (unpaired) electrons. The fraction of sp³-hybridized carbons (Fsp3) is 0.400. The van der Waals surface area contributed by atoms with E-state index in [1.165, 1.54) is 14.0 Å². The number of hydrogen-bond acceptors (Lipinski definition) is 7.